The molecule has 0 spiro atoms. The van der Waals surface area contributed by atoms with Gasteiger partial charge in [-0.1, -0.05) is 42.5 Å². The van der Waals surface area contributed by atoms with Gasteiger partial charge in [-0.05, 0) is 17.7 Å². The van der Waals surface area contributed by atoms with Gasteiger partial charge in [0.05, 0.1) is 25.3 Å². The van der Waals surface area contributed by atoms with Gasteiger partial charge in [0.1, 0.15) is 11.5 Å². The molecule has 1 heterocycles. The number of amides is 1. The number of hydrogen-bond donors (Lipinski definition) is 1. The Bertz CT molecular complexity index is 875. The number of benzene rings is 2. The second-order valence-electron chi connectivity index (χ2n) is 6.13. The second kappa shape index (κ2) is 8.05. The number of carbonyl (C=O) groups is 2. The van der Waals surface area contributed by atoms with Crippen molar-refractivity contribution in [3.63, 3.8) is 0 Å². The Kier molecular flexibility index (Phi) is 5.57. The molecular weight excluding hydrogens is 346 g/mol. The summed E-state index contributed by atoms with van der Waals surface area (Å²) in [6.45, 7) is 0.507. The maximum Gasteiger partial charge on any atom is 0.295 e. The first kappa shape index (κ1) is 18.7. The number of Topliss-reactive ketones (excluding diaryl/α,β-unsaturated/α-hetero) is 1. The van der Waals surface area contributed by atoms with Crippen molar-refractivity contribution in [2.75, 3.05) is 27.4 Å². The lowest BCUT2D eigenvalue weighted by Gasteiger charge is -2.25. The summed E-state index contributed by atoms with van der Waals surface area (Å²) >= 11 is 0. The van der Waals surface area contributed by atoms with E-state index in [2.05, 4.69) is 0 Å². The molecule has 6 nitrogen and oxygen atoms in total. The van der Waals surface area contributed by atoms with E-state index < -0.39 is 17.7 Å². The number of methoxy groups -OCH3 is 2. The van der Waals surface area contributed by atoms with Crippen LogP contribution in [0.25, 0.3) is 5.76 Å². The summed E-state index contributed by atoms with van der Waals surface area (Å²) in [5.41, 5.74) is 1.23. The Balaban J connectivity index is 2.16. The van der Waals surface area contributed by atoms with Crippen LogP contribution in [0.3, 0.4) is 0 Å². The van der Waals surface area contributed by atoms with Crippen LogP contribution in [0.5, 0.6) is 5.75 Å². The fourth-order valence-electron chi connectivity index (χ4n) is 3.21. The van der Waals surface area contributed by atoms with Crippen molar-refractivity contribution in [3.8, 4) is 5.75 Å². The van der Waals surface area contributed by atoms with Crippen molar-refractivity contribution < 1.29 is 24.2 Å². The molecule has 0 aliphatic carbocycles. The lowest BCUT2D eigenvalue weighted by atomic mass is 9.95. The molecule has 27 heavy (non-hydrogen) atoms. The van der Waals surface area contributed by atoms with Gasteiger partial charge < -0.3 is 19.5 Å². The standard InChI is InChI=1S/C21H21NO5/c1-26-12-11-22-18(15-9-6-10-16(13-15)27-2)17(20(24)21(22)25)19(23)14-7-4-3-5-8-14/h3-10,13,18,23H,11-12H2,1-2H3/t18-/m0/s1. The van der Waals surface area contributed by atoms with E-state index in [1.165, 1.54) is 12.0 Å². The number of hydrogen-bond acceptors (Lipinski definition) is 5. The van der Waals surface area contributed by atoms with Crippen LogP contribution in [0, 0.1) is 0 Å². The van der Waals surface area contributed by atoms with Crippen LogP contribution in [-0.4, -0.2) is 49.1 Å². The van der Waals surface area contributed by atoms with E-state index in [0.717, 1.165) is 0 Å². The van der Waals surface area contributed by atoms with Gasteiger partial charge >= 0.3 is 0 Å². The lowest BCUT2D eigenvalue weighted by Crippen LogP contribution is -2.32. The van der Waals surface area contributed by atoms with E-state index in [1.807, 2.05) is 6.07 Å². The number of aliphatic hydroxyl groups excluding tert-OH is 1. The quantitative estimate of drug-likeness (QED) is 0.483. The number of aliphatic hydroxyl groups is 1. The number of ether oxygens (including phenoxy) is 2. The minimum absolute atomic E-state index is 0.0653. The summed E-state index contributed by atoms with van der Waals surface area (Å²) in [7, 11) is 3.08. The van der Waals surface area contributed by atoms with Gasteiger partial charge in [-0.25, -0.2) is 0 Å². The summed E-state index contributed by atoms with van der Waals surface area (Å²) in [4.78, 5) is 26.8. The van der Waals surface area contributed by atoms with Crippen LogP contribution < -0.4 is 4.74 Å². The molecule has 0 saturated carbocycles. The van der Waals surface area contributed by atoms with Crippen LogP contribution in [0.15, 0.2) is 60.2 Å². The van der Waals surface area contributed by atoms with Crippen molar-refractivity contribution >= 4 is 17.4 Å². The average molecular weight is 367 g/mol. The SMILES string of the molecule is COCCN1C(=O)C(=O)C(=C(O)c2ccccc2)[C@@H]1c1cccc(OC)c1. The molecule has 1 aliphatic rings. The molecule has 140 valence electrons. The van der Waals surface area contributed by atoms with Gasteiger partial charge in [-0.2, -0.15) is 0 Å². The van der Waals surface area contributed by atoms with Crippen LogP contribution in [-0.2, 0) is 14.3 Å². The lowest BCUT2D eigenvalue weighted by molar-refractivity contribution is -0.140. The van der Waals surface area contributed by atoms with E-state index in [9.17, 15) is 14.7 Å². The predicted molar refractivity (Wildman–Crippen MR) is 100 cm³/mol. The summed E-state index contributed by atoms with van der Waals surface area (Å²) in [5.74, 6) is -0.955. The molecule has 0 bridgehead atoms. The normalized spacial score (nSPS) is 18.7. The van der Waals surface area contributed by atoms with Gasteiger partial charge in [0, 0.05) is 19.2 Å². The van der Waals surface area contributed by atoms with Crippen molar-refractivity contribution in [1.82, 2.24) is 4.90 Å². The van der Waals surface area contributed by atoms with Crippen molar-refractivity contribution in [3.05, 3.63) is 71.3 Å². The van der Waals surface area contributed by atoms with E-state index >= 15 is 0 Å². The van der Waals surface area contributed by atoms with Crippen LogP contribution >= 0.6 is 0 Å². The highest BCUT2D eigenvalue weighted by molar-refractivity contribution is 6.46. The Morgan fingerprint density at radius 1 is 1.07 bits per heavy atom. The van der Waals surface area contributed by atoms with Gasteiger partial charge in [-0.3, -0.25) is 9.59 Å². The van der Waals surface area contributed by atoms with Crippen molar-refractivity contribution in [2.24, 2.45) is 0 Å². The van der Waals surface area contributed by atoms with E-state index in [-0.39, 0.29) is 24.5 Å². The third kappa shape index (κ3) is 3.57. The van der Waals surface area contributed by atoms with Crippen molar-refractivity contribution in [2.45, 2.75) is 6.04 Å². The molecule has 2 aromatic rings. The van der Waals surface area contributed by atoms with E-state index in [4.69, 9.17) is 9.47 Å². The first-order valence-corrected chi connectivity index (χ1v) is 8.55. The zero-order valence-electron chi connectivity index (χ0n) is 15.2. The molecule has 2 aromatic carbocycles. The van der Waals surface area contributed by atoms with Gasteiger partial charge in [0.15, 0.2) is 0 Å². The largest absolute Gasteiger partial charge is 0.507 e. The molecule has 1 aliphatic heterocycles. The third-order valence-electron chi connectivity index (χ3n) is 4.53. The molecule has 1 amide bonds. The van der Waals surface area contributed by atoms with Crippen LogP contribution in [0.1, 0.15) is 17.2 Å². The highest BCUT2D eigenvalue weighted by atomic mass is 16.5. The highest BCUT2D eigenvalue weighted by Gasteiger charge is 2.45. The van der Waals surface area contributed by atoms with E-state index in [0.29, 0.717) is 16.9 Å². The number of nitrogens with zero attached hydrogens (tertiary/aromatic N) is 1. The maximum atomic E-state index is 12.8. The maximum absolute atomic E-state index is 12.8. The second-order valence-corrected chi connectivity index (χ2v) is 6.13. The molecule has 1 N–H and O–H groups in total. The Morgan fingerprint density at radius 2 is 1.81 bits per heavy atom. The Morgan fingerprint density at radius 3 is 2.48 bits per heavy atom. The number of ketones is 1. The Hall–Kier alpha value is -3.12. The third-order valence-corrected chi connectivity index (χ3v) is 4.53. The number of rotatable bonds is 6. The topological polar surface area (TPSA) is 76.1 Å². The average Bonchev–Trinajstić information content (AvgIpc) is 2.97. The zero-order chi connectivity index (χ0) is 19.4. The highest BCUT2D eigenvalue weighted by Crippen LogP contribution is 2.39. The van der Waals surface area contributed by atoms with Gasteiger partial charge in [0.2, 0.25) is 0 Å². The molecule has 1 atom stereocenters. The molecule has 3 rings (SSSR count). The molecule has 1 fully saturated rings. The minimum Gasteiger partial charge on any atom is -0.507 e. The molecule has 0 aromatic heterocycles. The number of likely N-dealkylation sites (tertiary alicyclic amines) is 1. The number of carbonyl (C=O) groups excluding carboxylic acids is 2. The fourth-order valence-corrected chi connectivity index (χ4v) is 3.21. The molecule has 1 saturated heterocycles. The summed E-state index contributed by atoms with van der Waals surface area (Å²) < 4.78 is 10.4. The monoisotopic (exact) mass is 367 g/mol. The molecular formula is C21H21NO5. The first-order chi connectivity index (χ1) is 13.1. The molecule has 0 unspecified atom stereocenters. The zero-order valence-corrected chi connectivity index (χ0v) is 15.2. The van der Waals surface area contributed by atoms with Crippen LogP contribution in [0.2, 0.25) is 0 Å². The van der Waals surface area contributed by atoms with E-state index in [1.54, 1.807) is 55.6 Å². The summed E-state index contributed by atoms with van der Waals surface area (Å²) in [6, 6.07) is 15.1. The Labute approximate surface area is 157 Å². The molecule has 6 heteroatoms. The van der Waals surface area contributed by atoms with Gasteiger partial charge in [0.25, 0.3) is 11.7 Å². The molecule has 0 radical (unpaired) electrons. The minimum atomic E-state index is -0.713. The smallest absolute Gasteiger partial charge is 0.295 e. The summed E-state index contributed by atoms with van der Waals surface area (Å²) in [6.07, 6.45) is 0. The first-order valence-electron chi connectivity index (χ1n) is 8.55. The fraction of sp³-hybridized carbons (Fsp3) is 0.238. The van der Waals surface area contributed by atoms with Gasteiger partial charge in [-0.15, -0.1) is 0 Å². The predicted octanol–water partition coefficient (Wildman–Crippen LogP) is 2.76. The van der Waals surface area contributed by atoms with Crippen LogP contribution in [0.4, 0.5) is 0 Å². The van der Waals surface area contributed by atoms with Crippen molar-refractivity contribution in [1.29, 1.82) is 0 Å². The summed E-state index contributed by atoms with van der Waals surface area (Å²) in [5, 5.41) is 10.8.